The van der Waals surface area contributed by atoms with Crippen LogP contribution >= 0.6 is 0 Å². The molecule has 0 radical (unpaired) electrons. The predicted octanol–water partition coefficient (Wildman–Crippen LogP) is -1.43. The summed E-state index contributed by atoms with van der Waals surface area (Å²) >= 11 is 0. The molecule has 18 heteroatoms. The Labute approximate surface area is 290 Å². The molecule has 2 saturated heterocycles. The molecule has 0 spiro atoms. The Balaban J connectivity index is 1.47. The number of hydrogen-bond acceptors (Lipinski definition) is 18. The van der Waals surface area contributed by atoms with Crippen molar-refractivity contribution in [2.24, 2.45) is 0 Å². The SMILES string of the molecule is COc1cc(C=CC(=O)O[C@H]2[C@H](O)[C@@H](CO)O[C@]2(CO)O[C@@H]2O[C@H](COC(=O)C=Cc3cc(OC)c(O)c(OC)c3)[C@@H](O)[C@H](O)[C@H]2O)ccc1O. The molecule has 2 aromatic carbocycles. The first kappa shape index (κ1) is 39.3. The Morgan fingerprint density at radius 3 is 2.00 bits per heavy atom. The van der Waals surface area contributed by atoms with Gasteiger partial charge in [-0.2, -0.15) is 0 Å². The van der Waals surface area contributed by atoms with E-state index in [2.05, 4.69) is 0 Å². The molecule has 0 unspecified atom stereocenters. The Bertz CT molecular complexity index is 1550. The highest BCUT2D eigenvalue weighted by molar-refractivity contribution is 5.88. The first-order valence-corrected chi connectivity index (χ1v) is 15.3. The Kier molecular flexibility index (Phi) is 13.2. The van der Waals surface area contributed by atoms with E-state index in [1.165, 1.54) is 63.8 Å². The molecule has 2 aliphatic heterocycles. The van der Waals surface area contributed by atoms with Gasteiger partial charge in [0.2, 0.25) is 11.5 Å². The maximum Gasteiger partial charge on any atom is 0.331 e. The van der Waals surface area contributed by atoms with Gasteiger partial charge in [0.15, 0.2) is 35.4 Å². The van der Waals surface area contributed by atoms with E-state index in [4.69, 9.17) is 37.9 Å². The normalized spacial score (nSPS) is 29.3. The van der Waals surface area contributed by atoms with Gasteiger partial charge in [-0.15, -0.1) is 0 Å². The van der Waals surface area contributed by atoms with Crippen LogP contribution in [0.2, 0.25) is 0 Å². The topological polar surface area (TPSA) is 270 Å². The number of ether oxygens (including phenoxy) is 8. The van der Waals surface area contributed by atoms with Gasteiger partial charge >= 0.3 is 11.9 Å². The smallest absolute Gasteiger partial charge is 0.331 e. The van der Waals surface area contributed by atoms with Crippen molar-refractivity contribution in [3.8, 4) is 28.7 Å². The van der Waals surface area contributed by atoms with Crippen LogP contribution in [-0.4, -0.2) is 149 Å². The maximum atomic E-state index is 12.8. The van der Waals surface area contributed by atoms with Crippen molar-refractivity contribution in [1.29, 1.82) is 0 Å². The molecule has 8 N–H and O–H groups in total. The summed E-state index contributed by atoms with van der Waals surface area (Å²) < 4.78 is 42.5. The van der Waals surface area contributed by atoms with Gasteiger partial charge < -0.3 is 78.7 Å². The fourth-order valence-corrected chi connectivity index (χ4v) is 5.27. The molecule has 9 atom stereocenters. The van der Waals surface area contributed by atoms with Crippen LogP contribution in [0.1, 0.15) is 11.1 Å². The summed E-state index contributed by atoms with van der Waals surface area (Å²) in [7, 11) is 3.98. The number of esters is 2. The molecular formula is C33H40O18. The summed E-state index contributed by atoms with van der Waals surface area (Å²) in [6, 6.07) is 7.06. The lowest BCUT2D eigenvalue weighted by atomic mass is 9.99. The number of benzene rings is 2. The number of aromatic hydroxyl groups is 2. The number of rotatable bonds is 14. The van der Waals surface area contributed by atoms with Gasteiger partial charge in [0.1, 0.15) is 49.8 Å². The summed E-state index contributed by atoms with van der Waals surface area (Å²) in [6.45, 7) is -2.65. The molecule has 51 heavy (non-hydrogen) atoms. The van der Waals surface area contributed by atoms with Crippen LogP contribution < -0.4 is 14.2 Å². The van der Waals surface area contributed by atoms with Gasteiger partial charge in [-0.05, 0) is 47.5 Å². The molecular weight excluding hydrogens is 684 g/mol. The third-order valence-corrected chi connectivity index (χ3v) is 8.02. The van der Waals surface area contributed by atoms with Crippen LogP contribution in [0, 0.1) is 0 Å². The molecule has 2 heterocycles. The van der Waals surface area contributed by atoms with E-state index in [1.54, 1.807) is 0 Å². The minimum Gasteiger partial charge on any atom is -0.504 e. The molecule has 0 bridgehead atoms. The van der Waals surface area contributed by atoms with Crippen LogP contribution in [0.5, 0.6) is 28.7 Å². The van der Waals surface area contributed by atoms with Gasteiger partial charge in [0.25, 0.3) is 0 Å². The predicted molar refractivity (Wildman–Crippen MR) is 170 cm³/mol. The van der Waals surface area contributed by atoms with Gasteiger partial charge in [-0.25, -0.2) is 9.59 Å². The number of carbonyl (C=O) groups excluding carboxylic acids is 2. The number of methoxy groups -OCH3 is 3. The summed E-state index contributed by atoms with van der Waals surface area (Å²) in [5, 5.41) is 82.7. The van der Waals surface area contributed by atoms with E-state index >= 15 is 0 Å². The Hall–Kier alpha value is -4.50. The van der Waals surface area contributed by atoms with E-state index in [0.29, 0.717) is 11.1 Å². The lowest BCUT2D eigenvalue weighted by molar-refractivity contribution is -0.383. The number of aliphatic hydroxyl groups is 6. The summed E-state index contributed by atoms with van der Waals surface area (Å²) in [5.41, 5.74) is 0.803. The molecule has 0 aromatic heterocycles. The van der Waals surface area contributed by atoms with Gasteiger partial charge in [-0.3, -0.25) is 0 Å². The average molecular weight is 725 g/mol. The van der Waals surface area contributed by atoms with Gasteiger partial charge in [0, 0.05) is 12.2 Å². The van der Waals surface area contributed by atoms with Crippen LogP contribution in [-0.2, 0) is 33.3 Å². The minimum atomic E-state index is -2.48. The van der Waals surface area contributed by atoms with Gasteiger partial charge in [0.05, 0.1) is 27.9 Å². The zero-order valence-corrected chi connectivity index (χ0v) is 27.6. The molecule has 0 aliphatic carbocycles. The van der Waals surface area contributed by atoms with Gasteiger partial charge in [-0.1, -0.05) is 6.07 Å². The fourth-order valence-electron chi connectivity index (χ4n) is 5.27. The fraction of sp³-hybridized carbons (Fsp3) is 0.455. The highest BCUT2D eigenvalue weighted by atomic mass is 16.8. The molecule has 18 nitrogen and oxygen atoms in total. The number of phenolic OH excluding ortho intramolecular Hbond substituents is 2. The minimum absolute atomic E-state index is 0.0769. The largest absolute Gasteiger partial charge is 0.504 e. The highest BCUT2D eigenvalue weighted by Crippen LogP contribution is 2.39. The summed E-state index contributed by atoms with van der Waals surface area (Å²) in [6.07, 6.45) is -9.77. The first-order chi connectivity index (χ1) is 24.3. The number of hydrogen-bond donors (Lipinski definition) is 8. The second kappa shape index (κ2) is 17.1. The molecule has 4 rings (SSSR count). The van der Waals surface area contributed by atoms with Crippen LogP contribution in [0.3, 0.4) is 0 Å². The third-order valence-electron chi connectivity index (χ3n) is 8.02. The van der Waals surface area contributed by atoms with Crippen molar-refractivity contribution >= 4 is 24.1 Å². The Morgan fingerprint density at radius 2 is 1.39 bits per heavy atom. The van der Waals surface area contributed by atoms with Crippen molar-refractivity contribution in [3.63, 3.8) is 0 Å². The monoisotopic (exact) mass is 724 g/mol. The van der Waals surface area contributed by atoms with E-state index in [1.807, 2.05) is 0 Å². The maximum absolute atomic E-state index is 12.8. The molecule has 2 fully saturated rings. The molecule has 0 saturated carbocycles. The van der Waals surface area contributed by atoms with Crippen molar-refractivity contribution in [2.45, 2.75) is 54.8 Å². The average Bonchev–Trinajstić information content (AvgIpc) is 3.39. The van der Waals surface area contributed by atoms with E-state index in [9.17, 15) is 50.4 Å². The molecule has 2 aliphatic rings. The quantitative estimate of drug-likeness (QED) is 0.0819. The van der Waals surface area contributed by atoms with Crippen molar-refractivity contribution in [3.05, 3.63) is 53.6 Å². The van der Waals surface area contributed by atoms with Crippen molar-refractivity contribution in [2.75, 3.05) is 41.2 Å². The third kappa shape index (κ3) is 8.87. The Morgan fingerprint density at radius 1 is 0.784 bits per heavy atom. The molecule has 280 valence electrons. The zero-order chi connectivity index (χ0) is 37.5. The summed E-state index contributed by atoms with van der Waals surface area (Å²) in [4.78, 5) is 25.3. The van der Waals surface area contributed by atoms with E-state index in [-0.39, 0.29) is 28.7 Å². The zero-order valence-electron chi connectivity index (χ0n) is 27.6. The highest BCUT2D eigenvalue weighted by Gasteiger charge is 2.60. The molecule has 2 aromatic rings. The molecule has 0 amide bonds. The van der Waals surface area contributed by atoms with Crippen LogP contribution in [0.15, 0.2) is 42.5 Å². The first-order valence-electron chi connectivity index (χ1n) is 15.3. The number of carbonyl (C=O) groups is 2. The number of phenols is 2. The standard InChI is InChI=1S/C33H40O18/c1-44-19-10-16(4-7-18(19)36)5-9-25(38)49-31-28(41)22(13-34)50-33(31,15-35)51-32-30(43)29(42)27(40)23(48-32)14-47-24(37)8-6-17-11-20(45-2)26(39)21(12-17)46-3/h4-12,22-23,27-32,34-36,39-43H,13-15H2,1-3H3/t22-,23-,27-,28-,29+,30-,31+,32+,33-/m1/s1. The second-order valence-electron chi connectivity index (χ2n) is 11.3. The lowest BCUT2D eigenvalue weighted by Gasteiger charge is -2.43. The van der Waals surface area contributed by atoms with Crippen LogP contribution in [0.4, 0.5) is 0 Å². The van der Waals surface area contributed by atoms with Crippen LogP contribution in [0.25, 0.3) is 12.2 Å². The van der Waals surface area contributed by atoms with E-state index < -0.39 is 86.6 Å². The van der Waals surface area contributed by atoms with Crippen molar-refractivity contribution in [1.82, 2.24) is 0 Å². The van der Waals surface area contributed by atoms with E-state index in [0.717, 1.165) is 12.2 Å². The number of aliphatic hydroxyl groups excluding tert-OH is 6. The summed E-state index contributed by atoms with van der Waals surface area (Å²) in [5.74, 6) is -4.59. The second-order valence-corrected chi connectivity index (χ2v) is 11.3. The lowest BCUT2D eigenvalue weighted by Crippen LogP contribution is -2.63. The van der Waals surface area contributed by atoms with Crippen molar-refractivity contribution < 1.29 is 88.3 Å².